The van der Waals surface area contributed by atoms with Crippen LogP contribution in [-0.4, -0.2) is 21.8 Å². The lowest BCUT2D eigenvalue weighted by atomic mass is 10.0. The average molecular weight is 501 g/mol. The van der Waals surface area contributed by atoms with Crippen LogP contribution in [-0.2, 0) is 0 Å². The molecule has 1 heterocycles. The third-order valence-corrected chi connectivity index (χ3v) is 5.75. The van der Waals surface area contributed by atoms with Crippen molar-refractivity contribution in [2.45, 2.75) is 19.9 Å². The second-order valence-corrected chi connectivity index (χ2v) is 8.39. The molecule has 188 valence electrons. The summed E-state index contributed by atoms with van der Waals surface area (Å²) in [5.74, 6) is -2.10. The normalized spacial score (nSPS) is 11.4. The van der Waals surface area contributed by atoms with Crippen LogP contribution in [0.3, 0.4) is 0 Å². The number of amides is 2. The first-order chi connectivity index (χ1) is 17.7. The van der Waals surface area contributed by atoms with Crippen molar-refractivity contribution in [2.75, 3.05) is 5.32 Å². The number of hydrogen-bond donors (Lipinski definition) is 4. The quantitative estimate of drug-likeness (QED) is 0.203. The summed E-state index contributed by atoms with van der Waals surface area (Å²) in [6.45, 7) is 4.09. The molecular formula is C27H24N4O6. The highest BCUT2D eigenvalue weighted by Crippen LogP contribution is 2.28. The minimum Gasteiger partial charge on any atom is -0.502 e. The van der Waals surface area contributed by atoms with Crippen LogP contribution < -0.4 is 16.2 Å². The molecule has 0 aliphatic carbocycles. The molecule has 37 heavy (non-hydrogen) atoms. The maximum absolute atomic E-state index is 12.7. The zero-order valence-corrected chi connectivity index (χ0v) is 20.0. The number of carbonyl (C=O) groups is 2. The van der Waals surface area contributed by atoms with Gasteiger partial charge < -0.3 is 14.8 Å². The Balaban J connectivity index is 1.41. The van der Waals surface area contributed by atoms with Gasteiger partial charge in [-0.15, -0.1) is 0 Å². The molecule has 0 bridgehead atoms. The maximum Gasteiger partial charge on any atom is 0.311 e. The van der Waals surface area contributed by atoms with Crippen LogP contribution >= 0.6 is 0 Å². The van der Waals surface area contributed by atoms with Crippen molar-refractivity contribution in [3.8, 4) is 16.9 Å². The monoisotopic (exact) mass is 500 g/mol. The Morgan fingerprint density at radius 3 is 2.30 bits per heavy atom. The summed E-state index contributed by atoms with van der Waals surface area (Å²) < 4.78 is 5.35. The molecule has 2 amide bonds. The average Bonchev–Trinajstić information content (AvgIpc) is 3.39. The van der Waals surface area contributed by atoms with Crippen LogP contribution in [0.5, 0.6) is 5.75 Å². The number of nitrogens with one attached hydrogen (secondary N) is 3. The molecule has 4 N–H and O–H groups in total. The molecule has 0 spiro atoms. The van der Waals surface area contributed by atoms with Gasteiger partial charge in [-0.1, -0.05) is 42.0 Å². The second kappa shape index (κ2) is 10.6. The fourth-order valence-corrected chi connectivity index (χ4v) is 3.70. The molecule has 1 unspecified atom stereocenters. The largest absolute Gasteiger partial charge is 0.502 e. The number of furan rings is 1. The summed E-state index contributed by atoms with van der Waals surface area (Å²) in [6.07, 6.45) is 1.37. The summed E-state index contributed by atoms with van der Waals surface area (Å²) >= 11 is 0. The number of hydrogen-bond acceptors (Lipinski definition) is 7. The second-order valence-electron chi connectivity index (χ2n) is 8.39. The summed E-state index contributed by atoms with van der Waals surface area (Å²) in [5, 5.41) is 24.0. The van der Waals surface area contributed by atoms with Gasteiger partial charge in [0.1, 0.15) is 0 Å². The molecule has 10 heteroatoms. The smallest absolute Gasteiger partial charge is 0.311 e. The number of hydrazine groups is 1. The number of anilines is 1. The molecule has 0 fully saturated rings. The molecule has 0 saturated carbocycles. The van der Waals surface area contributed by atoms with E-state index in [1.54, 1.807) is 6.07 Å². The van der Waals surface area contributed by atoms with E-state index in [0.717, 1.165) is 28.9 Å². The summed E-state index contributed by atoms with van der Waals surface area (Å²) in [5.41, 5.74) is 8.21. The van der Waals surface area contributed by atoms with Crippen LogP contribution in [0.2, 0.25) is 0 Å². The molecule has 1 aromatic heterocycles. The molecular weight excluding hydrogens is 476 g/mol. The Hall–Kier alpha value is -5.12. The van der Waals surface area contributed by atoms with Crippen LogP contribution in [0, 0.1) is 17.0 Å². The van der Waals surface area contributed by atoms with Crippen LogP contribution in [0.25, 0.3) is 11.1 Å². The number of aromatic hydroxyl groups is 1. The van der Waals surface area contributed by atoms with Crippen molar-refractivity contribution in [3.05, 3.63) is 112 Å². The summed E-state index contributed by atoms with van der Waals surface area (Å²) in [4.78, 5) is 35.2. The molecule has 4 rings (SSSR count). The van der Waals surface area contributed by atoms with E-state index in [1.807, 2.05) is 55.5 Å². The maximum atomic E-state index is 12.7. The third kappa shape index (κ3) is 5.76. The van der Waals surface area contributed by atoms with Crippen LogP contribution in [0.1, 0.15) is 45.0 Å². The van der Waals surface area contributed by atoms with Crippen molar-refractivity contribution >= 4 is 23.2 Å². The minimum atomic E-state index is -0.815. The highest BCUT2D eigenvalue weighted by molar-refractivity contribution is 6.01. The Morgan fingerprint density at radius 2 is 1.62 bits per heavy atom. The lowest BCUT2D eigenvalue weighted by molar-refractivity contribution is -0.385. The molecule has 4 aromatic rings. The fraction of sp³-hybridized carbons (Fsp3) is 0.111. The number of aryl methyl sites for hydroxylation is 1. The van der Waals surface area contributed by atoms with Gasteiger partial charge in [0.05, 0.1) is 11.2 Å². The van der Waals surface area contributed by atoms with Crippen molar-refractivity contribution in [2.24, 2.45) is 0 Å². The first-order valence-corrected chi connectivity index (χ1v) is 11.3. The molecule has 0 saturated heterocycles. The van der Waals surface area contributed by atoms with E-state index in [9.17, 15) is 24.8 Å². The van der Waals surface area contributed by atoms with Crippen LogP contribution in [0.15, 0.2) is 83.5 Å². The topological polar surface area (TPSA) is 147 Å². The molecule has 0 radical (unpaired) electrons. The van der Waals surface area contributed by atoms with Crippen molar-refractivity contribution in [1.29, 1.82) is 0 Å². The number of nitro benzene ring substituents is 1. The van der Waals surface area contributed by atoms with Crippen molar-refractivity contribution < 1.29 is 24.0 Å². The lowest BCUT2D eigenvalue weighted by Gasteiger charge is -2.16. The lowest BCUT2D eigenvalue weighted by Crippen LogP contribution is -2.41. The molecule has 10 nitrogen and oxygen atoms in total. The van der Waals surface area contributed by atoms with Gasteiger partial charge >= 0.3 is 11.6 Å². The minimum absolute atomic E-state index is 0.0180. The SMILES string of the molecule is Cc1ccc(NC(C)c2ccc(-c3ccoc3C(=O)NNC(=O)c3ccc(O)c([N+](=O)[O-])c3)cc2)cc1. The van der Waals surface area contributed by atoms with Gasteiger partial charge in [0.15, 0.2) is 5.75 Å². The molecule has 1 atom stereocenters. The predicted octanol–water partition coefficient (Wildman–Crippen LogP) is 5.12. The van der Waals surface area contributed by atoms with E-state index >= 15 is 0 Å². The molecule has 0 aliphatic rings. The van der Waals surface area contributed by atoms with E-state index in [-0.39, 0.29) is 17.4 Å². The van der Waals surface area contributed by atoms with E-state index in [2.05, 4.69) is 23.1 Å². The van der Waals surface area contributed by atoms with E-state index in [0.29, 0.717) is 5.56 Å². The number of phenolic OH excluding ortho intramolecular Hbond substituents is 1. The highest BCUT2D eigenvalue weighted by Gasteiger charge is 2.20. The standard InChI is InChI=1S/C27H24N4O6/c1-16-3-10-21(11-4-16)28-17(2)18-5-7-19(8-6-18)22-13-14-37-25(22)27(34)30-29-26(33)20-9-12-24(32)23(15-20)31(35)36/h3-15,17,28,32H,1-2H3,(H,29,33)(H,30,34). The van der Waals surface area contributed by atoms with Gasteiger partial charge in [-0.2, -0.15) is 0 Å². The number of rotatable bonds is 7. The van der Waals surface area contributed by atoms with E-state index < -0.39 is 28.2 Å². The van der Waals surface area contributed by atoms with Gasteiger partial charge in [0.25, 0.3) is 5.91 Å². The van der Waals surface area contributed by atoms with Gasteiger partial charge in [0.2, 0.25) is 5.76 Å². The number of phenols is 1. The van der Waals surface area contributed by atoms with Gasteiger partial charge in [-0.3, -0.25) is 30.6 Å². The zero-order valence-electron chi connectivity index (χ0n) is 20.0. The molecule has 3 aromatic carbocycles. The Labute approximate surface area is 212 Å². The van der Waals surface area contributed by atoms with Gasteiger partial charge in [0, 0.05) is 28.9 Å². The van der Waals surface area contributed by atoms with E-state index in [4.69, 9.17) is 4.42 Å². The van der Waals surface area contributed by atoms with Crippen molar-refractivity contribution in [3.63, 3.8) is 0 Å². The van der Waals surface area contributed by atoms with Gasteiger partial charge in [-0.05, 0) is 55.3 Å². The Bertz CT molecular complexity index is 1440. The van der Waals surface area contributed by atoms with Crippen molar-refractivity contribution in [1.82, 2.24) is 10.9 Å². The fourth-order valence-electron chi connectivity index (χ4n) is 3.70. The Morgan fingerprint density at radius 1 is 0.946 bits per heavy atom. The predicted molar refractivity (Wildman–Crippen MR) is 137 cm³/mol. The highest BCUT2D eigenvalue weighted by atomic mass is 16.6. The number of benzene rings is 3. The Kier molecular flexibility index (Phi) is 7.19. The first-order valence-electron chi connectivity index (χ1n) is 11.3. The molecule has 0 aliphatic heterocycles. The first kappa shape index (κ1) is 25.0. The third-order valence-electron chi connectivity index (χ3n) is 5.75. The summed E-state index contributed by atoms with van der Waals surface area (Å²) in [7, 11) is 0. The summed E-state index contributed by atoms with van der Waals surface area (Å²) in [6, 6.07) is 20.6. The number of nitrogens with zero attached hydrogens (tertiary/aromatic N) is 1. The number of carbonyl (C=O) groups excluding carboxylic acids is 2. The van der Waals surface area contributed by atoms with Crippen LogP contribution in [0.4, 0.5) is 11.4 Å². The number of nitro groups is 1. The van der Waals surface area contributed by atoms with E-state index in [1.165, 1.54) is 17.9 Å². The van der Waals surface area contributed by atoms with Gasteiger partial charge in [-0.25, -0.2) is 0 Å². The zero-order chi connectivity index (χ0) is 26.5.